The Labute approximate surface area is 173 Å². The van der Waals surface area contributed by atoms with E-state index >= 15 is 0 Å². The van der Waals surface area contributed by atoms with Gasteiger partial charge >= 0.3 is 8.25 Å². The van der Waals surface area contributed by atoms with Crippen LogP contribution >= 0.6 is 16.7 Å². The summed E-state index contributed by atoms with van der Waals surface area (Å²) in [5.41, 5.74) is 1.02. The summed E-state index contributed by atoms with van der Waals surface area (Å²) in [6.45, 7) is 17.9. The lowest BCUT2D eigenvalue weighted by Gasteiger charge is -2.45. The number of nitrogens with zero attached hydrogens (tertiary/aromatic N) is 2. The molecule has 0 aliphatic heterocycles. The second kappa shape index (κ2) is 12.2. The van der Waals surface area contributed by atoms with E-state index in [1.54, 1.807) is 0 Å². The van der Waals surface area contributed by atoms with E-state index < -0.39 is 16.7 Å². The fourth-order valence-corrected chi connectivity index (χ4v) is 5.85. The second-order valence-corrected chi connectivity index (χ2v) is 10.3. The summed E-state index contributed by atoms with van der Waals surface area (Å²) in [5, 5.41) is 0. The molecule has 0 aromatic heterocycles. The van der Waals surface area contributed by atoms with Crippen LogP contribution in [-0.4, -0.2) is 45.0 Å². The summed E-state index contributed by atoms with van der Waals surface area (Å²) in [7, 11) is -3.56. The summed E-state index contributed by atoms with van der Waals surface area (Å²) in [4.78, 5) is 8.79. The van der Waals surface area contributed by atoms with E-state index in [2.05, 4.69) is 64.7 Å². The molecule has 0 aliphatic carbocycles. The lowest BCUT2D eigenvalue weighted by molar-refractivity contribution is 0.225. The largest absolute Gasteiger partial charge is 0.694 e. The Kier molecular flexibility index (Phi) is 11.1. The third-order valence-electron chi connectivity index (χ3n) is 4.19. The Morgan fingerprint density at radius 2 is 1.46 bits per heavy atom. The van der Waals surface area contributed by atoms with Gasteiger partial charge in [-0.25, -0.2) is 9.34 Å². The van der Waals surface area contributed by atoms with Crippen LogP contribution in [0, 0.1) is 0 Å². The first-order valence-electron chi connectivity index (χ1n) is 9.97. The SMILES string of the molecule is CC(C)N(C(C)C)P(Oc1cccc(CCO[P+](=O)O)c1)N(C(C)C)C(C)C. The zero-order chi connectivity index (χ0) is 21.4. The van der Waals surface area contributed by atoms with Gasteiger partial charge < -0.3 is 4.52 Å². The van der Waals surface area contributed by atoms with Crippen molar-refractivity contribution in [3.63, 3.8) is 0 Å². The third kappa shape index (κ3) is 8.02. The first kappa shape index (κ1) is 25.4. The van der Waals surface area contributed by atoms with Crippen LogP contribution in [0.3, 0.4) is 0 Å². The summed E-state index contributed by atoms with van der Waals surface area (Å²) in [6, 6.07) is 9.32. The van der Waals surface area contributed by atoms with Crippen molar-refractivity contribution in [2.24, 2.45) is 0 Å². The van der Waals surface area contributed by atoms with Gasteiger partial charge in [0.25, 0.3) is 0 Å². The van der Waals surface area contributed by atoms with Crippen molar-refractivity contribution >= 4 is 16.7 Å². The lowest BCUT2D eigenvalue weighted by atomic mass is 10.1. The van der Waals surface area contributed by atoms with Gasteiger partial charge in [0.2, 0.25) is 8.45 Å². The van der Waals surface area contributed by atoms with Gasteiger partial charge in [-0.05, 0) is 73.1 Å². The van der Waals surface area contributed by atoms with Crippen LogP contribution in [0.4, 0.5) is 0 Å². The summed E-state index contributed by atoms with van der Waals surface area (Å²) in [6.07, 6.45) is 0.562. The molecule has 1 aromatic carbocycles. The Morgan fingerprint density at radius 3 is 1.89 bits per heavy atom. The Hall–Kier alpha value is -0.610. The van der Waals surface area contributed by atoms with Crippen molar-refractivity contribution in [1.29, 1.82) is 0 Å². The predicted molar refractivity (Wildman–Crippen MR) is 118 cm³/mol. The molecule has 0 heterocycles. The van der Waals surface area contributed by atoms with E-state index in [0.29, 0.717) is 30.6 Å². The molecule has 0 fully saturated rings. The number of hydrogen-bond donors (Lipinski definition) is 1. The van der Waals surface area contributed by atoms with E-state index in [4.69, 9.17) is 13.9 Å². The van der Waals surface area contributed by atoms with Crippen molar-refractivity contribution in [3.05, 3.63) is 29.8 Å². The van der Waals surface area contributed by atoms with Gasteiger partial charge in [0.15, 0.2) is 0 Å². The van der Waals surface area contributed by atoms with Crippen LogP contribution in [0.15, 0.2) is 24.3 Å². The topological polar surface area (TPSA) is 62.2 Å². The van der Waals surface area contributed by atoms with Crippen LogP contribution in [0.5, 0.6) is 5.75 Å². The first-order chi connectivity index (χ1) is 13.0. The van der Waals surface area contributed by atoms with Crippen molar-refractivity contribution < 1.29 is 18.5 Å². The Bertz CT molecular complexity index is 576. The van der Waals surface area contributed by atoms with E-state index in [9.17, 15) is 4.57 Å². The third-order valence-corrected chi connectivity index (χ3v) is 7.60. The van der Waals surface area contributed by atoms with E-state index in [1.165, 1.54) is 0 Å². The average molecular weight is 431 g/mol. The average Bonchev–Trinajstić information content (AvgIpc) is 2.53. The Morgan fingerprint density at radius 1 is 0.964 bits per heavy atom. The van der Waals surface area contributed by atoms with Crippen molar-refractivity contribution in [2.45, 2.75) is 86.0 Å². The van der Waals surface area contributed by atoms with E-state index in [1.807, 2.05) is 24.3 Å². The summed E-state index contributed by atoms with van der Waals surface area (Å²) >= 11 is 0. The quantitative estimate of drug-likeness (QED) is 0.426. The second-order valence-electron chi connectivity index (χ2n) is 7.95. The standard InChI is InChI=1S/C20H36N2O4P2/c1-15(2)21(16(3)4)27(22(17(5)6)18(7)8)26-20-11-9-10-19(14-20)12-13-25-28(23)24/h9-11,14-18H,12-13H2,1-8H3/p+1. The van der Waals surface area contributed by atoms with Gasteiger partial charge in [-0.3, -0.25) is 0 Å². The minimum absolute atomic E-state index is 0.206. The van der Waals surface area contributed by atoms with Crippen LogP contribution in [0.1, 0.15) is 61.0 Å². The fourth-order valence-electron chi connectivity index (χ4n) is 3.29. The van der Waals surface area contributed by atoms with E-state index in [-0.39, 0.29) is 6.61 Å². The molecule has 1 atom stereocenters. The molecule has 0 radical (unpaired) electrons. The highest BCUT2D eigenvalue weighted by Crippen LogP contribution is 2.50. The maximum absolute atomic E-state index is 10.7. The Balaban J connectivity index is 3.13. The first-order valence-corrected chi connectivity index (χ1v) is 12.3. The molecule has 8 heteroatoms. The van der Waals surface area contributed by atoms with Crippen LogP contribution in [-0.2, 0) is 15.5 Å². The molecule has 0 aliphatic rings. The summed E-state index contributed by atoms with van der Waals surface area (Å²) < 4.78 is 27.0. The minimum atomic E-state index is -2.56. The molecule has 1 unspecified atom stereocenters. The molecule has 0 bridgehead atoms. The normalized spacial score (nSPS) is 13.1. The molecule has 1 N–H and O–H groups in total. The van der Waals surface area contributed by atoms with Gasteiger partial charge in [-0.15, -0.1) is 9.42 Å². The maximum atomic E-state index is 10.7. The molecule has 28 heavy (non-hydrogen) atoms. The lowest BCUT2D eigenvalue weighted by Crippen LogP contribution is -2.44. The molecule has 0 spiro atoms. The molecule has 0 amide bonds. The van der Waals surface area contributed by atoms with Gasteiger partial charge in [-0.1, -0.05) is 12.1 Å². The fraction of sp³-hybridized carbons (Fsp3) is 0.700. The molecular formula is C20H37N2O4P2+. The molecule has 0 saturated heterocycles. The monoisotopic (exact) mass is 431 g/mol. The van der Waals surface area contributed by atoms with Crippen LogP contribution < -0.4 is 4.52 Å². The van der Waals surface area contributed by atoms with Crippen LogP contribution in [0.25, 0.3) is 0 Å². The number of benzene rings is 1. The minimum Gasteiger partial charge on any atom is -0.444 e. The van der Waals surface area contributed by atoms with Gasteiger partial charge in [-0.2, -0.15) is 0 Å². The highest BCUT2D eigenvalue weighted by atomic mass is 31.2. The zero-order valence-electron chi connectivity index (χ0n) is 18.5. The molecule has 1 rings (SSSR count). The smallest absolute Gasteiger partial charge is 0.444 e. The highest BCUT2D eigenvalue weighted by Gasteiger charge is 2.35. The maximum Gasteiger partial charge on any atom is 0.694 e. The predicted octanol–water partition coefficient (Wildman–Crippen LogP) is 5.74. The highest BCUT2D eigenvalue weighted by molar-refractivity contribution is 7.47. The van der Waals surface area contributed by atoms with Crippen molar-refractivity contribution in [1.82, 2.24) is 9.34 Å². The molecule has 1 aromatic rings. The number of hydrogen-bond acceptors (Lipinski definition) is 5. The van der Waals surface area contributed by atoms with E-state index in [0.717, 1.165) is 11.3 Å². The summed E-state index contributed by atoms with van der Waals surface area (Å²) in [5.74, 6) is 0.814. The van der Waals surface area contributed by atoms with Crippen LogP contribution in [0.2, 0.25) is 0 Å². The van der Waals surface area contributed by atoms with Gasteiger partial charge in [0.05, 0.1) is 0 Å². The van der Waals surface area contributed by atoms with Gasteiger partial charge in [0, 0.05) is 35.2 Å². The molecule has 6 nitrogen and oxygen atoms in total. The van der Waals surface area contributed by atoms with Gasteiger partial charge in [0.1, 0.15) is 12.4 Å². The van der Waals surface area contributed by atoms with Crippen molar-refractivity contribution in [2.75, 3.05) is 6.61 Å². The molecule has 160 valence electrons. The van der Waals surface area contributed by atoms with Crippen molar-refractivity contribution in [3.8, 4) is 5.75 Å². The molecule has 0 saturated carbocycles. The molecular weight excluding hydrogens is 394 g/mol. The zero-order valence-corrected chi connectivity index (χ0v) is 20.3. The number of rotatable bonds is 12.